The van der Waals surface area contributed by atoms with Crippen LogP contribution in [0.3, 0.4) is 0 Å². The van der Waals surface area contributed by atoms with Gasteiger partial charge in [0.1, 0.15) is 5.54 Å². The van der Waals surface area contributed by atoms with Gasteiger partial charge >= 0.3 is 6.03 Å². The van der Waals surface area contributed by atoms with Crippen molar-refractivity contribution in [3.05, 3.63) is 39.9 Å². The molecule has 1 N–H and O–H groups in total. The number of nitrogens with zero attached hydrogens (tertiary/aromatic N) is 2. The zero-order valence-corrected chi connectivity index (χ0v) is 12.4. The third kappa shape index (κ3) is 2.77. The lowest BCUT2D eigenvalue weighted by Crippen LogP contribution is -2.41. The lowest BCUT2D eigenvalue weighted by Gasteiger charge is -2.22. The molecule has 3 amide bonds. The monoisotopic (exact) mass is 307 g/mol. The van der Waals surface area contributed by atoms with Crippen LogP contribution in [0.2, 0.25) is 0 Å². The van der Waals surface area contributed by atoms with Crippen LogP contribution >= 0.6 is 0 Å². The first-order valence-corrected chi connectivity index (χ1v) is 6.87. The number of non-ortho nitro benzene ring substituents is 1. The molecule has 0 spiro atoms. The van der Waals surface area contributed by atoms with Gasteiger partial charge in [-0.15, -0.1) is 0 Å². The number of urea groups is 1. The Balaban J connectivity index is 2.21. The normalized spacial score (nSPS) is 21.1. The SMILES string of the molecule is CCOCCN1C(=O)N[C@](C)(c2ccc([N+](=O)[O-])cc2)C1=O. The van der Waals surface area contributed by atoms with Gasteiger partial charge in [0.15, 0.2) is 0 Å². The number of carbonyl (C=O) groups excluding carboxylic acids is 2. The number of benzene rings is 1. The summed E-state index contributed by atoms with van der Waals surface area (Å²) in [6, 6.07) is 5.07. The molecule has 1 heterocycles. The van der Waals surface area contributed by atoms with Crippen LogP contribution in [0, 0.1) is 10.1 Å². The molecule has 0 bridgehead atoms. The van der Waals surface area contributed by atoms with Crippen molar-refractivity contribution in [2.45, 2.75) is 19.4 Å². The maximum absolute atomic E-state index is 12.5. The van der Waals surface area contributed by atoms with E-state index >= 15 is 0 Å². The van der Waals surface area contributed by atoms with Gasteiger partial charge in [-0.05, 0) is 31.5 Å². The quantitative estimate of drug-likeness (QED) is 0.370. The van der Waals surface area contributed by atoms with Crippen molar-refractivity contribution in [3.63, 3.8) is 0 Å². The van der Waals surface area contributed by atoms with Gasteiger partial charge in [0.05, 0.1) is 18.1 Å². The number of nitro groups is 1. The van der Waals surface area contributed by atoms with Crippen LogP contribution in [0.25, 0.3) is 0 Å². The number of hydrogen-bond acceptors (Lipinski definition) is 5. The van der Waals surface area contributed by atoms with Crippen molar-refractivity contribution < 1.29 is 19.2 Å². The number of nitrogens with one attached hydrogen (secondary N) is 1. The minimum Gasteiger partial charge on any atom is -0.380 e. The highest BCUT2D eigenvalue weighted by atomic mass is 16.6. The Kier molecular flexibility index (Phi) is 4.41. The molecule has 118 valence electrons. The van der Waals surface area contributed by atoms with Crippen LogP contribution in [-0.4, -0.2) is 41.5 Å². The number of ether oxygens (including phenoxy) is 1. The van der Waals surface area contributed by atoms with Crippen molar-refractivity contribution in [1.82, 2.24) is 10.2 Å². The molecule has 1 aliphatic heterocycles. The van der Waals surface area contributed by atoms with Gasteiger partial charge < -0.3 is 10.1 Å². The van der Waals surface area contributed by atoms with Crippen molar-refractivity contribution in [3.8, 4) is 0 Å². The molecule has 1 aromatic carbocycles. The minimum atomic E-state index is -1.22. The molecule has 1 aromatic rings. The third-order valence-corrected chi connectivity index (χ3v) is 3.59. The molecule has 8 heteroatoms. The lowest BCUT2D eigenvalue weighted by atomic mass is 9.92. The van der Waals surface area contributed by atoms with Gasteiger partial charge in [-0.25, -0.2) is 4.79 Å². The molecular weight excluding hydrogens is 290 g/mol. The molecule has 1 atom stereocenters. The summed E-state index contributed by atoms with van der Waals surface area (Å²) in [5, 5.41) is 13.3. The van der Waals surface area contributed by atoms with E-state index in [9.17, 15) is 19.7 Å². The molecule has 1 saturated heterocycles. The second kappa shape index (κ2) is 6.10. The highest BCUT2D eigenvalue weighted by Gasteiger charge is 2.48. The van der Waals surface area contributed by atoms with Crippen LogP contribution in [0.4, 0.5) is 10.5 Å². The van der Waals surface area contributed by atoms with E-state index < -0.39 is 22.4 Å². The number of imide groups is 1. The number of nitro benzene ring substituents is 1. The molecule has 0 aromatic heterocycles. The molecule has 0 radical (unpaired) electrons. The Morgan fingerprint density at radius 1 is 1.32 bits per heavy atom. The highest BCUT2D eigenvalue weighted by molar-refractivity contribution is 6.07. The van der Waals surface area contributed by atoms with Crippen LogP contribution in [0.1, 0.15) is 19.4 Å². The van der Waals surface area contributed by atoms with E-state index in [1.54, 1.807) is 6.92 Å². The largest absolute Gasteiger partial charge is 0.380 e. The number of carbonyl (C=O) groups is 2. The van der Waals surface area contributed by atoms with Crippen molar-refractivity contribution in [1.29, 1.82) is 0 Å². The smallest absolute Gasteiger partial charge is 0.325 e. The third-order valence-electron chi connectivity index (χ3n) is 3.59. The molecule has 8 nitrogen and oxygen atoms in total. The Morgan fingerprint density at radius 2 is 1.95 bits per heavy atom. The average Bonchev–Trinajstić information content (AvgIpc) is 2.71. The van der Waals surface area contributed by atoms with Gasteiger partial charge in [-0.2, -0.15) is 0 Å². The van der Waals surface area contributed by atoms with Gasteiger partial charge in [0, 0.05) is 18.7 Å². The van der Waals surface area contributed by atoms with E-state index in [2.05, 4.69) is 5.32 Å². The fourth-order valence-corrected chi connectivity index (χ4v) is 2.31. The highest BCUT2D eigenvalue weighted by Crippen LogP contribution is 2.29. The van der Waals surface area contributed by atoms with E-state index in [-0.39, 0.29) is 18.8 Å². The summed E-state index contributed by atoms with van der Waals surface area (Å²) in [4.78, 5) is 35.7. The Morgan fingerprint density at radius 3 is 2.50 bits per heavy atom. The standard InChI is InChI=1S/C14H17N3O5/c1-3-22-9-8-16-12(18)14(2,15-13(16)19)10-4-6-11(7-5-10)17(20)21/h4-7H,3,8-9H2,1-2H3,(H,15,19)/t14-/m1/s1. The lowest BCUT2D eigenvalue weighted by molar-refractivity contribution is -0.384. The molecule has 2 rings (SSSR count). The number of amides is 3. The maximum atomic E-state index is 12.5. The van der Waals surface area contributed by atoms with Gasteiger partial charge in [0.2, 0.25) is 0 Å². The van der Waals surface area contributed by atoms with E-state index in [4.69, 9.17) is 4.74 Å². The van der Waals surface area contributed by atoms with E-state index in [0.29, 0.717) is 12.2 Å². The maximum Gasteiger partial charge on any atom is 0.325 e. The summed E-state index contributed by atoms with van der Waals surface area (Å²) >= 11 is 0. The zero-order valence-electron chi connectivity index (χ0n) is 12.4. The molecular formula is C14H17N3O5. The van der Waals surface area contributed by atoms with Gasteiger partial charge in [-0.1, -0.05) is 0 Å². The average molecular weight is 307 g/mol. The summed E-state index contributed by atoms with van der Waals surface area (Å²) in [6.07, 6.45) is 0. The number of rotatable bonds is 6. The first-order valence-electron chi connectivity index (χ1n) is 6.87. The Hall–Kier alpha value is -2.48. The minimum absolute atomic E-state index is 0.0719. The van der Waals surface area contributed by atoms with E-state index in [1.165, 1.54) is 24.3 Å². The zero-order chi connectivity index (χ0) is 16.3. The first-order chi connectivity index (χ1) is 10.4. The van der Waals surface area contributed by atoms with Crippen molar-refractivity contribution in [2.75, 3.05) is 19.8 Å². The molecule has 0 unspecified atom stereocenters. The fraction of sp³-hybridized carbons (Fsp3) is 0.429. The molecule has 0 aliphatic carbocycles. The summed E-state index contributed by atoms with van der Waals surface area (Å²) < 4.78 is 5.16. The second-order valence-electron chi connectivity index (χ2n) is 5.01. The fourth-order valence-electron chi connectivity index (χ4n) is 2.31. The molecule has 0 saturated carbocycles. The second-order valence-corrected chi connectivity index (χ2v) is 5.01. The van der Waals surface area contributed by atoms with E-state index in [1.807, 2.05) is 6.92 Å². The predicted molar refractivity (Wildman–Crippen MR) is 77.2 cm³/mol. The molecule has 1 aliphatic rings. The molecule has 1 fully saturated rings. The van der Waals surface area contributed by atoms with Gasteiger partial charge in [-0.3, -0.25) is 19.8 Å². The summed E-state index contributed by atoms with van der Waals surface area (Å²) in [7, 11) is 0. The Labute approximate surface area is 127 Å². The van der Waals surface area contributed by atoms with Gasteiger partial charge in [0.25, 0.3) is 11.6 Å². The van der Waals surface area contributed by atoms with Crippen LogP contribution in [0.5, 0.6) is 0 Å². The van der Waals surface area contributed by atoms with Crippen LogP contribution < -0.4 is 5.32 Å². The first kappa shape index (κ1) is 15.9. The summed E-state index contributed by atoms with van der Waals surface area (Å²) in [6.45, 7) is 4.35. The Bertz CT molecular complexity index is 601. The summed E-state index contributed by atoms with van der Waals surface area (Å²) in [5.74, 6) is -0.397. The van der Waals surface area contributed by atoms with Crippen molar-refractivity contribution in [2.24, 2.45) is 0 Å². The summed E-state index contributed by atoms with van der Waals surface area (Å²) in [5.41, 5.74) is -0.800. The van der Waals surface area contributed by atoms with E-state index in [0.717, 1.165) is 4.90 Å². The number of hydrogen-bond donors (Lipinski definition) is 1. The topological polar surface area (TPSA) is 102 Å². The molecule has 22 heavy (non-hydrogen) atoms. The predicted octanol–water partition coefficient (Wildman–Crippen LogP) is 1.40. The van der Waals surface area contributed by atoms with Crippen LogP contribution in [-0.2, 0) is 15.1 Å². The van der Waals surface area contributed by atoms with Crippen molar-refractivity contribution >= 4 is 17.6 Å². The van der Waals surface area contributed by atoms with Crippen LogP contribution in [0.15, 0.2) is 24.3 Å².